The van der Waals surface area contributed by atoms with E-state index < -0.39 is 12.3 Å². The molecule has 2 heterocycles. The van der Waals surface area contributed by atoms with Crippen LogP contribution in [0.5, 0.6) is 0 Å². The number of amides is 1. The Bertz CT molecular complexity index is 1450. The fourth-order valence-electron chi connectivity index (χ4n) is 6.57. The molecule has 1 amide bonds. The number of ether oxygens (including phenoxy) is 2. The van der Waals surface area contributed by atoms with Gasteiger partial charge in [0.05, 0.1) is 25.4 Å². The third-order valence-corrected chi connectivity index (χ3v) is 9.22. The number of carbonyl (C=O) groups excluding carboxylic acids is 1. The lowest BCUT2D eigenvalue weighted by Gasteiger charge is -2.38. The number of unbranched alkanes of at least 4 members (excludes halogenated alkanes) is 3. The highest BCUT2D eigenvalue weighted by Crippen LogP contribution is 2.39. The Balaban J connectivity index is 1.24. The summed E-state index contributed by atoms with van der Waals surface area (Å²) in [5, 5.41) is 31.2. The van der Waals surface area contributed by atoms with Gasteiger partial charge < -0.3 is 30.1 Å². The second kappa shape index (κ2) is 17.5. The number of likely N-dealkylation sites (tertiary alicyclic amines) is 1. The van der Waals surface area contributed by atoms with Gasteiger partial charge in [0.2, 0.25) is 5.91 Å². The second-order valence-electron chi connectivity index (χ2n) is 12.7. The van der Waals surface area contributed by atoms with Crippen LogP contribution in [0.2, 0.25) is 0 Å². The average Bonchev–Trinajstić information content (AvgIpc) is 3.55. The van der Waals surface area contributed by atoms with E-state index in [1.54, 1.807) is 0 Å². The van der Waals surface area contributed by atoms with Crippen LogP contribution >= 0.6 is 0 Å². The van der Waals surface area contributed by atoms with Gasteiger partial charge in [-0.2, -0.15) is 0 Å². The van der Waals surface area contributed by atoms with Crippen LogP contribution in [0.3, 0.4) is 0 Å². The van der Waals surface area contributed by atoms with Crippen molar-refractivity contribution in [2.75, 3.05) is 19.7 Å². The molecule has 3 aromatic rings. The normalized spacial score (nSPS) is 21.5. The summed E-state index contributed by atoms with van der Waals surface area (Å²) in [4.78, 5) is 25.4. The number of rotatable bonds is 16. The van der Waals surface area contributed by atoms with Crippen molar-refractivity contribution in [1.29, 1.82) is 0 Å². The Morgan fingerprint density at radius 3 is 2.32 bits per heavy atom. The summed E-state index contributed by atoms with van der Waals surface area (Å²) in [7, 11) is 0. The van der Waals surface area contributed by atoms with E-state index >= 15 is 0 Å². The van der Waals surface area contributed by atoms with Gasteiger partial charge in [0.15, 0.2) is 6.29 Å². The van der Waals surface area contributed by atoms with E-state index in [1.165, 1.54) is 0 Å². The van der Waals surface area contributed by atoms with Crippen molar-refractivity contribution in [2.24, 2.45) is 0 Å². The fraction of sp³-hybridized carbons (Fsp3) is 0.474. The first-order valence-corrected chi connectivity index (χ1v) is 16.9. The van der Waals surface area contributed by atoms with E-state index in [9.17, 15) is 19.8 Å². The number of carboxylic acid groups (broad SMARTS) is 1. The number of hydrogen-bond acceptors (Lipinski definition) is 7. The lowest BCUT2D eigenvalue weighted by molar-refractivity contribution is -0.253. The molecule has 2 aliphatic heterocycles. The number of aliphatic hydroxyl groups excluding tert-OH is 2. The Kier molecular flexibility index (Phi) is 12.9. The van der Waals surface area contributed by atoms with Crippen LogP contribution in [-0.4, -0.2) is 63.9 Å². The molecule has 2 aliphatic rings. The maximum absolute atomic E-state index is 12.4. The number of aliphatic hydroxyl groups is 2. The first-order valence-electron chi connectivity index (χ1n) is 16.9. The smallest absolute Gasteiger partial charge is 0.303 e. The predicted octanol–water partition coefficient (Wildman–Crippen LogP) is 5.89. The van der Waals surface area contributed by atoms with Crippen LogP contribution in [0.4, 0.5) is 0 Å². The van der Waals surface area contributed by atoms with Crippen LogP contribution in [0, 0.1) is 0 Å². The maximum atomic E-state index is 12.4. The number of nitrogens with zero attached hydrogens (tertiary/aromatic N) is 1. The zero-order chi connectivity index (χ0) is 33.0. The molecule has 5 rings (SSSR count). The summed E-state index contributed by atoms with van der Waals surface area (Å²) >= 11 is 0. The lowest BCUT2D eigenvalue weighted by Crippen LogP contribution is -2.42. The molecule has 0 aliphatic carbocycles. The fourth-order valence-corrected chi connectivity index (χ4v) is 6.57. The molecule has 9 nitrogen and oxygen atoms in total. The van der Waals surface area contributed by atoms with Gasteiger partial charge in [-0.25, -0.2) is 0 Å². The average molecular weight is 645 g/mol. The van der Waals surface area contributed by atoms with Crippen molar-refractivity contribution in [3.8, 4) is 11.1 Å². The van der Waals surface area contributed by atoms with E-state index in [4.69, 9.17) is 14.6 Å². The molecule has 252 valence electrons. The maximum Gasteiger partial charge on any atom is 0.303 e. The summed E-state index contributed by atoms with van der Waals surface area (Å²) in [5.41, 5.74) is 5.88. The SMILES string of the molecule is O=C(O)CCCCCCC(=O)NCc1cccc(-c2cccc([C@@H]3O[C@H](CN4CCC[C@H]4CO)C[C@H](c4ccc(CO)cc4)O3)c2)c1. The van der Waals surface area contributed by atoms with Gasteiger partial charge in [-0.15, -0.1) is 0 Å². The van der Waals surface area contributed by atoms with E-state index in [0.29, 0.717) is 25.8 Å². The first kappa shape index (κ1) is 34.7. The molecule has 2 saturated heterocycles. The second-order valence-corrected chi connectivity index (χ2v) is 12.7. The molecule has 0 radical (unpaired) electrons. The molecule has 4 atom stereocenters. The Morgan fingerprint density at radius 2 is 1.57 bits per heavy atom. The zero-order valence-corrected chi connectivity index (χ0v) is 27.1. The van der Waals surface area contributed by atoms with E-state index in [1.807, 2.05) is 48.5 Å². The van der Waals surface area contributed by atoms with E-state index in [-0.39, 0.29) is 43.8 Å². The monoisotopic (exact) mass is 644 g/mol. The molecular formula is C38H48N2O7. The van der Waals surface area contributed by atoms with Crippen molar-refractivity contribution < 1.29 is 34.4 Å². The molecule has 47 heavy (non-hydrogen) atoms. The minimum absolute atomic E-state index is 0.00317. The summed E-state index contributed by atoms with van der Waals surface area (Å²) in [6.07, 6.45) is 5.61. The first-order chi connectivity index (χ1) is 22.9. The standard InChI is InChI=1S/C38H48N2O7/c41-25-27-15-17-29(18-16-27)35-22-34(24-40-19-7-12-33(40)26-42)46-38(47-35)32-11-6-10-31(21-32)30-9-5-8-28(20-30)23-39-36(43)13-3-1-2-4-14-37(44)45/h5-6,8-11,15-18,20-21,33-35,38,41-42H,1-4,7,12-14,19,22-26H2,(H,39,43)(H,44,45)/t33-,34-,35+,38+/m0/s1. The van der Waals surface area contributed by atoms with Gasteiger partial charge in [0.1, 0.15) is 0 Å². The van der Waals surface area contributed by atoms with Gasteiger partial charge in [0, 0.05) is 44.0 Å². The molecule has 3 aromatic carbocycles. The molecular weight excluding hydrogens is 596 g/mol. The van der Waals surface area contributed by atoms with Crippen LogP contribution in [0.1, 0.15) is 92.4 Å². The highest BCUT2D eigenvalue weighted by atomic mass is 16.7. The number of nitrogens with one attached hydrogen (secondary N) is 1. The molecule has 0 unspecified atom stereocenters. The highest BCUT2D eigenvalue weighted by Gasteiger charge is 2.35. The Hall–Kier alpha value is -3.60. The molecule has 2 fully saturated rings. The minimum atomic E-state index is -0.776. The highest BCUT2D eigenvalue weighted by molar-refractivity contribution is 5.76. The van der Waals surface area contributed by atoms with Gasteiger partial charge in [0.25, 0.3) is 0 Å². The van der Waals surface area contributed by atoms with Crippen LogP contribution in [0.15, 0.2) is 72.8 Å². The molecule has 0 spiro atoms. The van der Waals surface area contributed by atoms with Crippen LogP contribution < -0.4 is 5.32 Å². The van der Waals surface area contributed by atoms with Gasteiger partial charge in [-0.1, -0.05) is 73.5 Å². The predicted molar refractivity (Wildman–Crippen MR) is 179 cm³/mol. The van der Waals surface area contributed by atoms with Crippen LogP contribution in [-0.2, 0) is 32.2 Å². The van der Waals surface area contributed by atoms with Gasteiger partial charge >= 0.3 is 5.97 Å². The van der Waals surface area contributed by atoms with Gasteiger partial charge in [-0.3, -0.25) is 14.5 Å². The number of hydrogen-bond donors (Lipinski definition) is 4. The topological polar surface area (TPSA) is 129 Å². The summed E-state index contributed by atoms with van der Waals surface area (Å²) in [6, 6.07) is 24.4. The number of aliphatic carboxylic acids is 1. The molecule has 9 heteroatoms. The number of carbonyl (C=O) groups is 2. The van der Waals surface area contributed by atoms with Crippen molar-refractivity contribution in [3.05, 3.63) is 95.1 Å². The van der Waals surface area contributed by atoms with Crippen LogP contribution in [0.25, 0.3) is 11.1 Å². The third-order valence-electron chi connectivity index (χ3n) is 9.22. The number of benzene rings is 3. The van der Waals surface area contributed by atoms with Crippen molar-refractivity contribution >= 4 is 11.9 Å². The van der Waals surface area contributed by atoms with E-state index in [2.05, 4.69) is 34.5 Å². The summed E-state index contributed by atoms with van der Waals surface area (Å²) < 4.78 is 13.2. The molecule has 0 saturated carbocycles. The van der Waals surface area contributed by atoms with Gasteiger partial charge in [-0.05, 0) is 72.2 Å². The minimum Gasteiger partial charge on any atom is -0.481 e. The van der Waals surface area contributed by atoms with Crippen molar-refractivity contribution in [1.82, 2.24) is 10.2 Å². The Labute approximate surface area is 277 Å². The lowest BCUT2D eigenvalue weighted by atomic mass is 9.98. The summed E-state index contributed by atoms with van der Waals surface area (Å²) in [5.74, 6) is -0.779. The Morgan fingerprint density at radius 1 is 0.830 bits per heavy atom. The molecule has 0 aromatic heterocycles. The largest absolute Gasteiger partial charge is 0.481 e. The third kappa shape index (κ3) is 10.2. The molecule has 4 N–H and O–H groups in total. The molecule has 0 bridgehead atoms. The zero-order valence-electron chi connectivity index (χ0n) is 27.1. The quantitative estimate of drug-likeness (QED) is 0.142. The summed E-state index contributed by atoms with van der Waals surface area (Å²) in [6.45, 7) is 2.26. The number of carboxylic acids is 1. The van der Waals surface area contributed by atoms with Crippen molar-refractivity contribution in [2.45, 2.75) is 95.5 Å². The van der Waals surface area contributed by atoms with Crippen molar-refractivity contribution in [3.63, 3.8) is 0 Å². The van der Waals surface area contributed by atoms with E-state index in [0.717, 1.165) is 78.6 Å².